The van der Waals surface area contributed by atoms with E-state index in [-0.39, 0.29) is 17.9 Å². The molecule has 0 aliphatic heterocycles. The van der Waals surface area contributed by atoms with Crippen LogP contribution >= 0.6 is 0 Å². The van der Waals surface area contributed by atoms with Gasteiger partial charge in [-0.3, -0.25) is 4.79 Å². The van der Waals surface area contributed by atoms with Crippen LogP contribution in [0.25, 0.3) is 0 Å². The van der Waals surface area contributed by atoms with Crippen molar-refractivity contribution in [3.8, 4) is 0 Å². The molecule has 0 radical (unpaired) electrons. The highest BCUT2D eigenvalue weighted by Crippen LogP contribution is 2.19. The molecule has 0 aliphatic carbocycles. The molecule has 1 aromatic rings. The highest BCUT2D eigenvalue weighted by atomic mass is 16.3. The quantitative estimate of drug-likeness (QED) is 0.828. The number of carbonyl (C=O) groups excluding carboxylic acids is 1. The Morgan fingerprint density at radius 3 is 2.53 bits per heavy atom. The van der Waals surface area contributed by atoms with Crippen molar-refractivity contribution in [2.45, 2.75) is 40.2 Å². The molecule has 1 rings (SSSR count). The number of rotatable bonds is 4. The van der Waals surface area contributed by atoms with Crippen LogP contribution in [0.5, 0.6) is 0 Å². The average Bonchev–Trinajstić information content (AvgIpc) is 2.60. The Morgan fingerprint density at radius 2 is 2.13 bits per heavy atom. The summed E-state index contributed by atoms with van der Waals surface area (Å²) < 4.78 is 5.50. The Balaban J connectivity index is 2.68. The molecule has 0 spiro atoms. The zero-order valence-corrected chi connectivity index (χ0v) is 9.83. The van der Waals surface area contributed by atoms with Crippen LogP contribution in [0.3, 0.4) is 0 Å². The topological polar surface area (TPSA) is 42.2 Å². The maximum Gasteiger partial charge on any atom is 0.223 e. The van der Waals surface area contributed by atoms with Crippen LogP contribution in [-0.2, 0) is 4.79 Å². The third-order valence-electron chi connectivity index (χ3n) is 2.35. The Morgan fingerprint density at radius 1 is 1.47 bits per heavy atom. The Bertz CT molecular complexity index is 328. The lowest BCUT2D eigenvalue weighted by Crippen LogP contribution is -2.31. The van der Waals surface area contributed by atoms with E-state index in [0.717, 1.165) is 17.9 Å². The minimum Gasteiger partial charge on any atom is -0.464 e. The molecule has 3 heteroatoms. The van der Waals surface area contributed by atoms with Crippen LogP contribution in [0, 0.1) is 12.8 Å². The second-order valence-corrected chi connectivity index (χ2v) is 4.07. The molecule has 0 saturated carbocycles. The van der Waals surface area contributed by atoms with Gasteiger partial charge in [0.2, 0.25) is 5.91 Å². The maximum absolute atomic E-state index is 11.5. The number of aryl methyl sites for hydroxylation is 1. The summed E-state index contributed by atoms with van der Waals surface area (Å²) in [4.78, 5) is 11.5. The minimum absolute atomic E-state index is 0.00593. The third-order valence-corrected chi connectivity index (χ3v) is 2.35. The van der Waals surface area contributed by atoms with E-state index >= 15 is 0 Å². The first-order valence-electron chi connectivity index (χ1n) is 5.41. The highest BCUT2D eigenvalue weighted by Gasteiger charge is 2.17. The Labute approximate surface area is 90.9 Å². The van der Waals surface area contributed by atoms with E-state index in [0.29, 0.717) is 0 Å². The van der Waals surface area contributed by atoms with Crippen molar-refractivity contribution >= 4 is 5.91 Å². The van der Waals surface area contributed by atoms with E-state index in [2.05, 4.69) is 5.32 Å². The van der Waals surface area contributed by atoms with Gasteiger partial charge in [0.1, 0.15) is 11.5 Å². The molecule has 0 saturated heterocycles. The van der Waals surface area contributed by atoms with E-state index in [1.165, 1.54) is 0 Å². The highest BCUT2D eigenvalue weighted by molar-refractivity contribution is 5.78. The van der Waals surface area contributed by atoms with Crippen LogP contribution in [0.4, 0.5) is 0 Å². The minimum atomic E-state index is -0.00593. The summed E-state index contributed by atoms with van der Waals surface area (Å²) >= 11 is 0. The van der Waals surface area contributed by atoms with Gasteiger partial charge in [-0.15, -0.1) is 0 Å². The molecule has 0 aliphatic rings. The van der Waals surface area contributed by atoms with Crippen LogP contribution < -0.4 is 5.32 Å². The summed E-state index contributed by atoms with van der Waals surface area (Å²) in [6.45, 7) is 7.70. The smallest absolute Gasteiger partial charge is 0.223 e. The molecule has 0 aromatic carbocycles. The number of furan rings is 1. The zero-order chi connectivity index (χ0) is 11.4. The molecule has 0 bridgehead atoms. The summed E-state index contributed by atoms with van der Waals surface area (Å²) in [5.41, 5.74) is 0. The monoisotopic (exact) mass is 209 g/mol. The van der Waals surface area contributed by atoms with Gasteiger partial charge in [-0.25, -0.2) is 0 Å². The number of amides is 1. The standard InChI is InChI=1S/C12H19NO2/c1-5-10(13-12(14)8(2)3)11-7-6-9(4)15-11/h6-8,10H,5H2,1-4H3,(H,13,14)/t10-/m0/s1. The van der Waals surface area contributed by atoms with Gasteiger partial charge in [-0.2, -0.15) is 0 Å². The second-order valence-electron chi connectivity index (χ2n) is 4.07. The summed E-state index contributed by atoms with van der Waals surface area (Å²) in [5, 5.41) is 2.96. The van der Waals surface area contributed by atoms with Gasteiger partial charge < -0.3 is 9.73 Å². The first kappa shape index (κ1) is 11.8. The second kappa shape index (κ2) is 5.01. The summed E-state index contributed by atoms with van der Waals surface area (Å²) in [5.74, 6) is 1.79. The molecule has 84 valence electrons. The molecule has 15 heavy (non-hydrogen) atoms. The maximum atomic E-state index is 11.5. The Hall–Kier alpha value is -1.25. The van der Waals surface area contributed by atoms with Gasteiger partial charge in [0.15, 0.2) is 0 Å². The van der Waals surface area contributed by atoms with E-state index in [9.17, 15) is 4.79 Å². The lowest BCUT2D eigenvalue weighted by molar-refractivity contribution is -0.124. The summed E-state index contributed by atoms with van der Waals surface area (Å²) in [7, 11) is 0. The fourth-order valence-electron chi connectivity index (χ4n) is 1.35. The lowest BCUT2D eigenvalue weighted by atomic mass is 10.1. The molecular formula is C12H19NO2. The predicted molar refractivity (Wildman–Crippen MR) is 59.5 cm³/mol. The molecule has 1 atom stereocenters. The predicted octanol–water partition coefficient (Wildman–Crippen LogP) is 2.81. The van der Waals surface area contributed by atoms with E-state index in [1.54, 1.807) is 0 Å². The van der Waals surface area contributed by atoms with Crippen molar-refractivity contribution in [1.82, 2.24) is 5.32 Å². The van der Waals surface area contributed by atoms with Crippen LogP contribution in [0.1, 0.15) is 44.8 Å². The lowest BCUT2D eigenvalue weighted by Gasteiger charge is -2.16. The van der Waals surface area contributed by atoms with Crippen molar-refractivity contribution < 1.29 is 9.21 Å². The average molecular weight is 209 g/mol. The van der Waals surface area contributed by atoms with Gasteiger partial charge >= 0.3 is 0 Å². The summed E-state index contributed by atoms with van der Waals surface area (Å²) in [6.07, 6.45) is 0.839. The third kappa shape index (κ3) is 3.11. The van der Waals surface area contributed by atoms with Crippen molar-refractivity contribution in [3.63, 3.8) is 0 Å². The molecular weight excluding hydrogens is 190 g/mol. The van der Waals surface area contributed by atoms with E-state index in [4.69, 9.17) is 4.42 Å². The molecule has 1 N–H and O–H groups in total. The molecule has 0 fully saturated rings. The van der Waals surface area contributed by atoms with Crippen molar-refractivity contribution in [3.05, 3.63) is 23.7 Å². The van der Waals surface area contributed by atoms with E-state index in [1.807, 2.05) is 39.8 Å². The number of hydrogen-bond donors (Lipinski definition) is 1. The Kier molecular flexibility index (Phi) is 3.95. The van der Waals surface area contributed by atoms with Gasteiger partial charge in [0, 0.05) is 5.92 Å². The van der Waals surface area contributed by atoms with Gasteiger partial charge in [-0.05, 0) is 25.5 Å². The zero-order valence-electron chi connectivity index (χ0n) is 9.83. The van der Waals surface area contributed by atoms with Crippen LogP contribution in [0.2, 0.25) is 0 Å². The molecule has 1 aromatic heterocycles. The fraction of sp³-hybridized carbons (Fsp3) is 0.583. The molecule has 0 unspecified atom stereocenters. The van der Waals surface area contributed by atoms with Crippen molar-refractivity contribution in [2.24, 2.45) is 5.92 Å². The molecule has 1 heterocycles. The van der Waals surface area contributed by atoms with Gasteiger partial charge in [0.05, 0.1) is 6.04 Å². The molecule has 3 nitrogen and oxygen atoms in total. The number of carbonyl (C=O) groups is 1. The molecule has 1 amide bonds. The first-order chi connectivity index (χ1) is 7.04. The normalized spacial score (nSPS) is 12.9. The summed E-state index contributed by atoms with van der Waals surface area (Å²) in [6, 6.07) is 3.83. The van der Waals surface area contributed by atoms with E-state index < -0.39 is 0 Å². The van der Waals surface area contributed by atoms with Gasteiger partial charge in [0.25, 0.3) is 0 Å². The SMILES string of the molecule is CC[C@H](NC(=O)C(C)C)c1ccc(C)o1. The number of hydrogen-bond acceptors (Lipinski definition) is 2. The first-order valence-corrected chi connectivity index (χ1v) is 5.41. The van der Waals surface area contributed by atoms with Crippen LogP contribution in [0.15, 0.2) is 16.5 Å². The van der Waals surface area contributed by atoms with Crippen LogP contribution in [-0.4, -0.2) is 5.91 Å². The fourth-order valence-corrected chi connectivity index (χ4v) is 1.35. The van der Waals surface area contributed by atoms with Gasteiger partial charge in [-0.1, -0.05) is 20.8 Å². The van der Waals surface area contributed by atoms with Crippen molar-refractivity contribution in [1.29, 1.82) is 0 Å². The number of nitrogens with one attached hydrogen (secondary N) is 1. The largest absolute Gasteiger partial charge is 0.464 e. The van der Waals surface area contributed by atoms with Crippen molar-refractivity contribution in [2.75, 3.05) is 0 Å².